The van der Waals surface area contributed by atoms with E-state index in [0.29, 0.717) is 6.42 Å². The van der Waals surface area contributed by atoms with E-state index in [9.17, 15) is 9.90 Å². The van der Waals surface area contributed by atoms with Gasteiger partial charge in [0.2, 0.25) is 0 Å². The van der Waals surface area contributed by atoms with Crippen molar-refractivity contribution in [3.63, 3.8) is 0 Å². The van der Waals surface area contributed by atoms with Gasteiger partial charge in [-0.25, -0.2) is 0 Å². The quantitative estimate of drug-likeness (QED) is 0.732. The van der Waals surface area contributed by atoms with Gasteiger partial charge in [0, 0.05) is 13.1 Å². The minimum absolute atomic E-state index is 0.0773. The van der Waals surface area contributed by atoms with Gasteiger partial charge in [-0.15, -0.1) is 0 Å². The number of amides is 1. The molecule has 3 nitrogen and oxygen atoms in total. The molecule has 0 aromatic rings. The van der Waals surface area contributed by atoms with Crippen molar-refractivity contribution in [2.45, 2.75) is 25.4 Å². The first-order valence-electron chi connectivity index (χ1n) is 4.71. The van der Waals surface area contributed by atoms with Gasteiger partial charge in [0.25, 0.3) is 5.91 Å². The molecule has 1 aliphatic heterocycles. The molecule has 0 aliphatic carbocycles. The molecule has 1 unspecified atom stereocenters. The summed E-state index contributed by atoms with van der Waals surface area (Å²) in [5.41, 5.74) is 0. The fourth-order valence-electron chi connectivity index (χ4n) is 1.50. The molecular formula is C9H17NO2S. The lowest BCUT2D eigenvalue weighted by Crippen LogP contribution is -2.37. The number of carbonyl (C=O) groups is 1. The van der Waals surface area contributed by atoms with Crippen LogP contribution >= 0.6 is 11.8 Å². The lowest BCUT2D eigenvalue weighted by molar-refractivity contribution is -0.139. The van der Waals surface area contributed by atoms with E-state index in [1.165, 1.54) is 0 Å². The van der Waals surface area contributed by atoms with Crippen molar-refractivity contribution < 1.29 is 9.90 Å². The van der Waals surface area contributed by atoms with Crippen LogP contribution in [-0.4, -0.2) is 47.1 Å². The van der Waals surface area contributed by atoms with E-state index in [-0.39, 0.29) is 5.91 Å². The summed E-state index contributed by atoms with van der Waals surface area (Å²) >= 11 is 1.66. The van der Waals surface area contributed by atoms with Crippen molar-refractivity contribution in [2.75, 3.05) is 25.1 Å². The first kappa shape index (κ1) is 10.9. The van der Waals surface area contributed by atoms with Crippen LogP contribution in [0.3, 0.4) is 0 Å². The third kappa shape index (κ3) is 3.19. The molecule has 0 aromatic carbocycles. The summed E-state index contributed by atoms with van der Waals surface area (Å²) in [6, 6.07) is 0. The first-order chi connectivity index (χ1) is 6.25. The summed E-state index contributed by atoms with van der Waals surface area (Å²) in [6.07, 6.45) is 3.96. The summed E-state index contributed by atoms with van der Waals surface area (Å²) < 4.78 is 0. The average molecular weight is 203 g/mol. The van der Waals surface area contributed by atoms with Crippen LogP contribution in [0.15, 0.2) is 0 Å². The molecule has 0 bridgehead atoms. The van der Waals surface area contributed by atoms with Crippen molar-refractivity contribution in [1.82, 2.24) is 4.90 Å². The molecule has 4 heteroatoms. The number of nitrogens with zero attached hydrogens (tertiary/aromatic N) is 1. The van der Waals surface area contributed by atoms with Crippen LogP contribution in [0.1, 0.15) is 19.3 Å². The third-order valence-electron chi connectivity index (χ3n) is 2.30. The minimum Gasteiger partial charge on any atom is -0.383 e. The van der Waals surface area contributed by atoms with E-state index in [1.807, 2.05) is 6.26 Å². The van der Waals surface area contributed by atoms with Crippen LogP contribution in [0.4, 0.5) is 0 Å². The fourth-order valence-corrected chi connectivity index (χ4v) is 1.96. The Morgan fingerprint density at radius 2 is 2.15 bits per heavy atom. The van der Waals surface area contributed by atoms with E-state index in [2.05, 4.69) is 0 Å². The third-order valence-corrected chi connectivity index (χ3v) is 2.94. The summed E-state index contributed by atoms with van der Waals surface area (Å²) in [5.74, 6) is 0.771. The minimum atomic E-state index is -0.773. The lowest BCUT2D eigenvalue weighted by atomic mass is 10.2. The van der Waals surface area contributed by atoms with Gasteiger partial charge in [0.1, 0.15) is 6.10 Å². The molecule has 0 saturated carbocycles. The van der Waals surface area contributed by atoms with Gasteiger partial charge in [0.15, 0.2) is 0 Å². The number of aliphatic hydroxyl groups excluding tert-OH is 1. The molecule has 1 saturated heterocycles. The maximum absolute atomic E-state index is 11.5. The van der Waals surface area contributed by atoms with E-state index >= 15 is 0 Å². The van der Waals surface area contributed by atoms with Crippen LogP contribution in [-0.2, 0) is 4.79 Å². The van der Waals surface area contributed by atoms with Crippen molar-refractivity contribution in [3.05, 3.63) is 0 Å². The maximum Gasteiger partial charge on any atom is 0.251 e. The smallest absolute Gasteiger partial charge is 0.251 e. The van der Waals surface area contributed by atoms with Crippen molar-refractivity contribution in [3.8, 4) is 0 Å². The zero-order valence-electron chi connectivity index (χ0n) is 8.03. The molecule has 0 aromatic heterocycles. The van der Waals surface area contributed by atoms with Gasteiger partial charge < -0.3 is 10.0 Å². The zero-order chi connectivity index (χ0) is 9.68. The number of hydrogen-bond acceptors (Lipinski definition) is 3. The van der Waals surface area contributed by atoms with Crippen LogP contribution in [0.25, 0.3) is 0 Å². The van der Waals surface area contributed by atoms with Gasteiger partial charge in [-0.1, -0.05) is 0 Å². The topological polar surface area (TPSA) is 40.5 Å². The van der Waals surface area contributed by atoms with Gasteiger partial charge in [-0.2, -0.15) is 11.8 Å². The molecule has 1 aliphatic rings. The molecule has 76 valence electrons. The molecule has 1 atom stereocenters. The maximum atomic E-state index is 11.5. The van der Waals surface area contributed by atoms with Crippen molar-refractivity contribution >= 4 is 17.7 Å². The van der Waals surface area contributed by atoms with E-state index in [4.69, 9.17) is 0 Å². The molecule has 1 N–H and O–H groups in total. The van der Waals surface area contributed by atoms with Gasteiger partial charge >= 0.3 is 0 Å². The van der Waals surface area contributed by atoms with Gasteiger partial charge in [-0.05, 0) is 31.3 Å². The first-order valence-corrected chi connectivity index (χ1v) is 6.11. The van der Waals surface area contributed by atoms with Gasteiger partial charge in [0.05, 0.1) is 0 Å². The average Bonchev–Trinajstić information content (AvgIpc) is 2.65. The number of aliphatic hydroxyl groups is 1. The highest BCUT2D eigenvalue weighted by molar-refractivity contribution is 7.98. The number of likely N-dealkylation sites (tertiary alicyclic amines) is 1. The van der Waals surface area contributed by atoms with Crippen LogP contribution in [0.2, 0.25) is 0 Å². The molecular weight excluding hydrogens is 186 g/mol. The Morgan fingerprint density at radius 1 is 1.54 bits per heavy atom. The largest absolute Gasteiger partial charge is 0.383 e. The van der Waals surface area contributed by atoms with Crippen LogP contribution in [0, 0.1) is 0 Å². The molecule has 1 fully saturated rings. The Bertz CT molecular complexity index is 169. The molecule has 13 heavy (non-hydrogen) atoms. The highest BCUT2D eigenvalue weighted by Gasteiger charge is 2.23. The van der Waals surface area contributed by atoms with Crippen LogP contribution < -0.4 is 0 Å². The molecule has 0 radical (unpaired) electrons. The Kier molecular flexibility index (Phi) is 4.59. The molecule has 1 amide bonds. The Morgan fingerprint density at radius 3 is 2.69 bits per heavy atom. The molecule has 1 heterocycles. The van der Waals surface area contributed by atoms with Crippen LogP contribution in [0.5, 0.6) is 0 Å². The summed E-state index contributed by atoms with van der Waals surface area (Å²) in [5, 5.41) is 9.50. The number of hydrogen-bond donors (Lipinski definition) is 1. The fraction of sp³-hybridized carbons (Fsp3) is 0.889. The lowest BCUT2D eigenvalue weighted by Gasteiger charge is -2.18. The zero-order valence-corrected chi connectivity index (χ0v) is 8.85. The predicted molar refractivity (Wildman–Crippen MR) is 54.8 cm³/mol. The monoisotopic (exact) mass is 203 g/mol. The van der Waals surface area contributed by atoms with Crippen molar-refractivity contribution in [1.29, 1.82) is 0 Å². The second-order valence-corrected chi connectivity index (χ2v) is 4.32. The molecule has 0 spiro atoms. The van der Waals surface area contributed by atoms with Gasteiger partial charge in [-0.3, -0.25) is 4.79 Å². The van der Waals surface area contributed by atoms with Crippen molar-refractivity contribution in [2.24, 2.45) is 0 Å². The summed E-state index contributed by atoms with van der Waals surface area (Å²) in [4.78, 5) is 13.3. The number of rotatable bonds is 4. The number of thioether (sulfide) groups is 1. The summed E-state index contributed by atoms with van der Waals surface area (Å²) in [6.45, 7) is 1.66. The SMILES string of the molecule is CSCCC(O)C(=O)N1CCCC1. The Labute approximate surface area is 83.5 Å². The second-order valence-electron chi connectivity index (χ2n) is 3.33. The highest BCUT2D eigenvalue weighted by atomic mass is 32.2. The van der Waals surface area contributed by atoms with E-state index in [0.717, 1.165) is 31.7 Å². The highest BCUT2D eigenvalue weighted by Crippen LogP contribution is 2.11. The second kappa shape index (κ2) is 5.50. The summed E-state index contributed by atoms with van der Waals surface area (Å²) in [7, 11) is 0. The Balaban J connectivity index is 2.28. The number of carbonyl (C=O) groups excluding carboxylic acids is 1. The standard InChI is InChI=1S/C9H17NO2S/c1-13-7-4-8(11)9(12)10-5-2-3-6-10/h8,11H,2-7H2,1H3. The predicted octanol–water partition coefficient (Wildman–Crippen LogP) is 0.723. The van der Waals surface area contributed by atoms with E-state index in [1.54, 1.807) is 16.7 Å². The van der Waals surface area contributed by atoms with E-state index < -0.39 is 6.10 Å². The Hall–Kier alpha value is -0.220. The molecule has 1 rings (SSSR count). The normalized spacial score (nSPS) is 19.1.